The van der Waals surface area contributed by atoms with Crippen molar-refractivity contribution in [2.45, 2.75) is 37.2 Å². The Morgan fingerprint density at radius 2 is 1.93 bits per heavy atom. The molecule has 1 saturated heterocycles. The number of rotatable bonds is 4. The van der Waals surface area contributed by atoms with E-state index in [9.17, 15) is 13.2 Å². The van der Waals surface area contributed by atoms with Gasteiger partial charge in [0.2, 0.25) is 10.0 Å². The second-order valence-corrected chi connectivity index (χ2v) is 9.10. The molecule has 3 heterocycles. The predicted octanol–water partition coefficient (Wildman–Crippen LogP) is 1.73. The lowest BCUT2D eigenvalue weighted by Crippen LogP contribution is -2.59. The monoisotopic (exact) mass is 428 g/mol. The number of aromatic amines is 1. The summed E-state index contributed by atoms with van der Waals surface area (Å²) in [6.07, 6.45) is 4.17. The summed E-state index contributed by atoms with van der Waals surface area (Å²) < 4.78 is 22.9. The third kappa shape index (κ3) is 3.63. The first kappa shape index (κ1) is 20.3. The first-order chi connectivity index (χ1) is 14.3. The van der Waals surface area contributed by atoms with Crippen LogP contribution in [0, 0.1) is 0 Å². The number of carbonyl (C=O) groups is 1. The number of benzene rings is 1. The molecule has 1 aromatic carbocycles. The number of nitrogens with zero attached hydrogens (tertiary/aromatic N) is 4. The van der Waals surface area contributed by atoms with Crippen LogP contribution in [0.3, 0.4) is 0 Å². The Balaban J connectivity index is 1.60. The molecule has 2 aromatic heterocycles. The van der Waals surface area contributed by atoms with E-state index in [2.05, 4.69) is 26.8 Å². The van der Waals surface area contributed by atoms with Gasteiger partial charge in [0.1, 0.15) is 17.8 Å². The minimum atomic E-state index is -3.79. The summed E-state index contributed by atoms with van der Waals surface area (Å²) >= 11 is 0. The molecule has 30 heavy (non-hydrogen) atoms. The summed E-state index contributed by atoms with van der Waals surface area (Å²) in [5.41, 5.74) is 1.23. The predicted molar refractivity (Wildman–Crippen MR) is 114 cm³/mol. The molecule has 0 radical (unpaired) electrons. The minimum absolute atomic E-state index is 0.0109. The molecule has 0 unspecified atom stereocenters. The van der Waals surface area contributed by atoms with Crippen molar-refractivity contribution in [2.24, 2.45) is 5.14 Å². The summed E-state index contributed by atoms with van der Waals surface area (Å²) in [6.45, 7) is 5.35. The number of sulfonamides is 1. The van der Waals surface area contributed by atoms with Crippen molar-refractivity contribution in [2.75, 3.05) is 18.0 Å². The molecule has 0 aliphatic carbocycles. The van der Waals surface area contributed by atoms with E-state index >= 15 is 0 Å². The molecule has 1 aliphatic heterocycles. The largest absolute Gasteiger partial charge is 0.352 e. The van der Waals surface area contributed by atoms with Crippen LogP contribution < -0.4 is 10.0 Å². The van der Waals surface area contributed by atoms with Gasteiger partial charge in [0.05, 0.1) is 10.3 Å². The molecule has 0 spiro atoms. The summed E-state index contributed by atoms with van der Waals surface area (Å²) in [5.74, 6) is 0.737. The molecule has 9 nitrogen and oxygen atoms in total. The summed E-state index contributed by atoms with van der Waals surface area (Å²) in [4.78, 5) is 29.2. The second kappa shape index (κ2) is 7.69. The molecule has 1 amide bonds. The van der Waals surface area contributed by atoms with Crippen LogP contribution in [-0.2, 0) is 10.0 Å². The molecule has 1 aliphatic rings. The maximum atomic E-state index is 13.3. The molecule has 10 heteroatoms. The number of nitrogens with one attached hydrogen (secondary N) is 1. The Bertz CT molecular complexity index is 1170. The Morgan fingerprint density at radius 1 is 1.20 bits per heavy atom. The van der Waals surface area contributed by atoms with Gasteiger partial charge in [0.25, 0.3) is 5.91 Å². The standard InChI is InChI=1S/C20H24N6O3S/c1-3-15-11-25(19-17-8-9-22-18(17)23-12-24-19)10-13(2)26(15)20(27)14-4-6-16(7-5-14)30(21,28)29/h4-9,12-13,15H,3,10-11H2,1-2H3,(H2,21,28,29)(H,22,23,24)/t13-,15-/m1/s1. The van der Waals surface area contributed by atoms with Crippen LogP contribution in [0.4, 0.5) is 5.82 Å². The minimum Gasteiger partial charge on any atom is -0.352 e. The summed E-state index contributed by atoms with van der Waals surface area (Å²) in [5, 5.41) is 6.11. The maximum absolute atomic E-state index is 13.3. The van der Waals surface area contributed by atoms with Crippen LogP contribution in [0.5, 0.6) is 0 Å². The van der Waals surface area contributed by atoms with E-state index in [1.807, 2.05) is 24.1 Å². The molecule has 3 aromatic rings. The van der Waals surface area contributed by atoms with Gasteiger partial charge in [-0.1, -0.05) is 6.92 Å². The van der Waals surface area contributed by atoms with Crippen LogP contribution in [-0.4, -0.2) is 59.4 Å². The quantitative estimate of drug-likeness (QED) is 0.652. The van der Waals surface area contributed by atoms with E-state index in [4.69, 9.17) is 5.14 Å². The zero-order valence-electron chi connectivity index (χ0n) is 16.8. The third-order valence-electron chi connectivity index (χ3n) is 5.55. The van der Waals surface area contributed by atoms with Gasteiger partial charge in [-0.2, -0.15) is 0 Å². The van der Waals surface area contributed by atoms with E-state index in [-0.39, 0.29) is 22.9 Å². The van der Waals surface area contributed by atoms with Crippen LogP contribution in [0.1, 0.15) is 30.6 Å². The highest BCUT2D eigenvalue weighted by Gasteiger charge is 2.36. The van der Waals surface area contributed by atoms with E-state index in [0.29, 0.717) is 18.7 Å². The molecule has 158 valence electrons. The number of anilines is 1. The van der Waals surface area contributed by atoms with E-state index < -0.39 is 10.0 Å². The molecule has 4 rings (SSSR count). The molecule has 0 bridgehead atoms. The fourth-order valence-corrected chi connectivity index (χ4v) is 4.61. The highest BCUT2D eigenvalue weighted by molar-refractivity contribution is 7.89. The Kier molecular flexibility index (Phi) is 5.20. The van der Waals surface area contributed by atoms with Crippen molar-refractivity contribution >= 4 is 32.8 Å². The molecule has 1 fully saturated rings. The van der Waals surface area contributed by atoms with Crippen molar-refractivity contribution in [3.05, 3.63) is 48.4 Å². The van der Waals surface area contributed by atoms with Gasteiger partial charge in [-0.25, -0.2) is 23.5 Å². The van der Waals surface area contributed by atoms with Crippen molar-refractivity contribution in [3.8, 4) is 0 Å². The Morgan fingerprint density at radius 3 is 2.60 bits per heavy atom. The topological polar surface area (TPSA) is 125 Å². The fraction of sp³-hybridized carbons (Fsp3) is 0.350. The number of hydrogen-bond donors (Lipinski definition) is 2. The lowest BCUT2D eigenvalue weighted by atomic mass is 10.0. The summed E-state index contributed by atoms with van der Waals surface area (Å²) in [6, 6.07) is 7.66. The molecular formula is C20H24N6O3S. The highest BCUT2D eigenvalue weighted by atomic mass is 32.2. The molecule has 3 N–H and O–H groups in total. The van der Waals surface area contributed by atoms with Gasteiger partial charge < -0.3 is 14.8 Å². The highest BCUT2D eigenvalue weighted by Crippen LogP contribution is 2.28. The third-order valence-corrected chi connectivity index (χ3v) is 6.48. The number of amides is 1. The first-order valence-electron chi connectivity index (χ1n) is 9.78. The number of piperazine rings is 1. The Hall–Kier alpha value is -2.98. The summed E-state index contributed by atoms with van der Waals surface area (Å²) in [7, 11) is -3.79. The number of fused-ring (bicyclic) bond motifs is 1. The zero-order chi connectivity index (χ0) is 21.5. The number of nitrogens with two attached hydrogens (primary N) is 1. The van der Waals surface area contributed by atoms with Gasteiger partial charge in [-0.3, -0.25) is 4.79 Å². The van der Waals surface area contributed by atoms with Gasteiger partial charge in [-0.15, -0.1) is 0 Å². The van der Waals surface area contributed by atoms with Crippen LogP contribution in [0.25, 0.3) is 11.0 Å². The maximum Gasteiger partial charge on any atom is 0.254 e. The average Bonchev–Trinajstić information content (AvgIpc) is 3.21. The van der Waals surface area contributed by atoms with Crippen LogP contribution in [0.2, 0.25) is 0 Å². The van der Waals surface area contributed by atoms with Gasteiger partial charge in [0.15, 0.2) is 0 Å². The van der Waals surface area contributed by atoms with Gasteiger partial charge in [0, 0.05) is 36.9 Å². The average molecular weight is 429 g/mol. The number of hydrogen-bond acceptors (Lipinski definition) is 6. The number of carbonyl (C=O) groups excluding carboxylic acids is 1. The molecule has 0 saturated carbocycles. The normalized spacial score (nSPS) is 20.0. The van der Waals surface area contributed by atoms with Crippen LogP contribution in [0.15, 0.2) is 47.8 Å². The lowest BCUT2D eigenvalue weighted by molar-refractivity contribution is 0.0544. The van der Waals surface area contributed by atoms with Crippen molar-refractivity contribution < 1.29 is 13.2 Å². The smallest absolute Gasteiger partial charge is 0.254 e. The number of aromatic nitrogens is 3. The van der Waals surface area contributed by atoms with Crippen molar-refractivity contribution in [3.63, 3.8) is 0 Å². The molecular weight excluding hydrogens is 404 g/mol. The fourth-order valence-electron chi connectivity index (χ4n) is 4.10. The van der Waals surface area contributed by atoms with Crippen molar-refractivity contribution in [1.82, 2.24) is 19.9 Å². The van der Waals surface area contributed by atoms with Crippen LogP contribution >= 0.6 is 0 Å². The van der Waals surface area contributed by atoms with E-state index in [1.54, 1.807) is 6.33 Å². The SMILES string of the molecule is CC[C@@H]1CN(c2ncnc3[nH]ccc23)C[C@@H](C)N1C(=O)c1ccc(S(N)(=O)=O)cc1. The molecule has 2 atom stereocenters. The van der Waals surface area contributed by atoms with E-state index in [1.165, 1.54) is 24.3 Å². The number of primary sulfonamides is 1. The Labute approximate surface area is 175 Å². The number of H-pyrrole nitrogens is 1. The lowest BCUT2D eigenvalue weighted by Gasteiger charge is -2.46. The van der Waals surface area contributed by atoms with Gasteiger partial charge >= 0.3 is 0 Å². The zero-order valence-corrected chi connectivity index (χ0v) is 17.6. The van der Waals surface area contributed by atoms with E-state index in [0.717, 1.165) is 23.3 Å². The first-order valence-corrected chi connectivity index (χ1v) is 11.3. The van der Waals surface area contributed by atoms with Crippen molar-refractivity contribution in [1.29, 1.82) is 0 Å². The van der Waals surface area contributed by atoms with Gasteiger partial charge in [-0.05, 0) is 43.7 Å². The second-order valence-electron chi connectivity index (χ2n) is 7.54.